The summed E-state index contributed by atoms with van der Waals surface area (Å²) in [5.74, 6) is -0.0235. The Morgan fingerprint density at radius 1 is 1.03 bits per heavy atom. The molecule has 2 aliphatic heterocycles. The van der Waals surface area contributed by atoms with Gasteiger partial charge in [0.1, 0.15) is 0 Å². The Labute approximate surface area is 196 Å². The molecule has 0 bridgehead atoms. The molecule has 8 heteroatoms. The minimum Gasteiger partial charge on any atom is -0.385 e. The molecular weight excluding hydrogens is 453 g/mol. The van der Waals surface area contributed by atoms with Gasteiger partial charge >= 0.3 is 6.18 Å². The third-order valence-electron chi connectivity index (χ3n) is 6.93. The van der Waals surface area contributed by atoms with E-state index in [1.807, 2.05) is 12.1 Å². The number of piperidine rings is 1. The Morgan fingerprint density at radius 2 is 1.73 bits per heavy atom. The quantitative estimate of drug-likeness (QED) is 0.652. The third kappa shape index (κ3) is 5.70. The van der Waals surface area contributed by atoms with Crippen molar-refractivity contribution in [1.82, 2.24) is 9.80 Å². The van der Waals surface area contributed by atoms with Gasteiger partial charge in [0.2, 0.25) is 5.91 Å². The van der Waals surface area contributed by atoms with Crippen LogP contribution in [0.1, 0.15) is 48.8 Å². The molecule has 2 aromatic carbocycles. The van der Waals surface area contributed by atoms with Crippen molar-refractivity contribution in [2.75, 3.05) is 19.6 Å². The number of amides is 1. The van der Waals surface area contributed by atoms with E-state index in [1.165, 1.54) is 6.07 Å². The standard InChI is InChI=1S/C25H28ClF3N2O2/c26-21-6-4-19(5-7-21)24(33)11-14-30(15-12-24)22-8-9-23(32)31(13-10-22)17-18-2-1-3-20(16-18)25(27,28)29/h1-7,16,22,33H,8-15,17H2. The number of likely N-dealkylation sites (tertiary alicyclic amines) is 2. The smallest absolute Gasteiger partial charge is 0.385 e. The van der Waals surface area contributed by atoms with Gasteiger partial charge in [-0.1, -0.05) is 35.9 Å². The van der Waals surface area contributed by atoms with Crippen molar-refractivity contribution >= 4 is 17.5 Å². The monoisotopic (exact) mass is 480 g/mol. The largest absolute Gasteiger partial charge is 0.416 e. The zero-order valence-electron chi connectivity index (χ0n) is 18.3. The molecule has 2 heterocycles. The van der Waals surface area contributed by atoms with Crippen LogP contribution in [-0.4, -0.2) is 46.5 Å². The third-order valence-corrected chi connectivity index (χ3v) is 7.18. The van der Waals surface area contributed by atoms with Crippen LogP contribution in [0.5, 0.6) is 0 Å². The molecule has 0 saturated carbocycles. The maximum atomic E-state index is 13.0. The second-order valence-electron chi connectivity index (χ2n) is 9.07. The molecule has 0 radical (unpaired) electrons. The molecule has 1 N–H and O–H groups in total. The molecule has 2 aliphatic rings. The van der Waals surface area contributed by atoms with Crippen LogP contribution in [0.2, 0.25) is 5.02 Å². The van der Waals surface area contributed by atoms with Gasteiger partial charge in [-0.2, -0.15) is 13.2 Å². The topological polar surface area (TPSA) is 43.8 Å². The van der Waals surface area contributed by atoms with E-state index in [4.69, 9.17) is 11.6 Å². The molecule has 178 valence electrons. The minimum absolute atomic E-state index is 0.0235. The summed E-state index contributed by atoms with van der Waals surface area (Å²) in [6.07, 6.45) is -1.32. The van der Waals surface area contributed by atoms with Gasteiger partial charge in [0.15, 0.2) is 0 Å². The second-order valence-corrected chi connectivity index (χ2v) is 9.51. The summed E-state index contributed by atoms with van der Waals surface area (Å²) >= 11 is 5.97. The lowest BCUT2D eigenvalue weighted by molar-refractivity contribution is -0.137. The Kier molecular flexibility index (Phi) is 7.03. The van der Waals surface area contributed by atoms with Crippen molar-refractivity contribution in [2.24, 2.45) is 0 Å². The van der Waals surface area contributed by atoms with Crippen molar-refractivity contribution in [2.45, 2.75) is 56.5 Å². The summed E-state index contributed by atoms with van der Waals surface area (Å²) in [7, 11) is 0. The van der Waals surface area contributed by atoms with Crippen LogP contribution in [0.3, 0.4) is 0 Å². The van der Waals surface area contributed by atoms with E-state index in [0.717, 1.165) is 43.6 Å². The number of carbonyl (C=O) groups excluding carboxylic acids is 1. The molecule has 4 rings (SSSR count). The Balaban J connectivity index is 1.35. The van der Waals surface area contributed by atoms with Crippen LogP contribution >= 0.6 is 11.6 Å². The van der Waals surface area contributed by atoms with Gasteiger partial charge in [0, 0.05) is 43.7 Å². The number of aliphatic hydroxyl groups is 1. The number of hydrogen-bond acceptors (Lipinski definition) is 3. The summed E-state index contributed by atoms with van der Waals surface area (Å²) in [5.41, 5.74) is -0.212. The first-order chi connectivity index (χ1) is 15.6. The molecule has 2 saturated heterocycles. The van der Waals surface area contributed by atoms with E-state index in [-0.39, 0.29) is 18.5 Å². The van der Waals surface area contributed by atoms with Crippen LogP contribution in [0.25, 0.3) is 0 Å². The lowest BCUT2D eigenvalue weighted by Crippen LogP contribution is -2.47. The predicted molar refractivity (Wildman–Crippen MR) is 121 cm³/mol. The molecule has 1 unspecified atom stereocenters. The van der Waals surface area contributed by atoms with Crippen LogP contribution in [0, 0.1) is 0 Å². The molecule has 2 aromatic rings. The van der Waals surface area contributed by atoms with Gasteiger partial charge < -0.3 is 14.9 Å². The highest BCUT2D eigenvalue weighted by molar-refractivity contribution is 6.30. The molecular formula is C25H28ClF3N2O2. The predicted octanol–water partition coefficient (Wildman–Crippen LogP) is 5.22. The number of halogens is 4. The van der Waals surface area contributed by atoms with Crippen molar-refractivity contribution in [3.8, 4) is 0 Å². The van der Waals surface area contributed by atoms with Crippen molar-refractivity contribution in [1.29, 1.82) is 0 Å². The van der Waals surface area contributed by atoms with Crippen molar-refractivity contribution < 1.29 is 23.1 Å². The average molecular weight is 481 g/mol. The normalized spacial score (nSPS) is 22.3. The first kappa shape index (κ1) is 24.0. The molecule has 1 atom stereocenters. The van der Waals surface area contributed by atoms with Gasteiger partial charge in [-0.15, -0.1) is 0 Å². The van der Waals surface area contributed by atoms with Crippen LogP contribution in [0.4, 0.5) is 13.2 Å². The molecule has 4 nitrogen and oxygen atoms in total. The van der Waals surface area contributed by atoms with Gasteiger partial charge in [0.05, 0.1) is 11.2 Å². The SMILES string of the molecule is O=C1CCC(N2CCC(O)(c3ccc(Cl)cc3)CC2)CCN1Cc1cccc(C(F)(F)F)c1. The highest BCUT2D eigenvalue weighted by atomic mass is 35.5. The Morgan fingerprint density at radius 3 is 2.39 bits per heavy atom. The number of rotatable bonds is 4. The zero-order valence-corrected chi connectivity index (χ0v) is 19.1. The maximum absolute atomic E-state index is 13.0. The highest BCUT2D eigenvalue weighted by Crippen LogP contribution is 2.35. The molecule has 33 heavy (non-hydrogen) atoms. The maximum Gasteiger partial charge on any atom is 0.416 e. The number of alkyl halides is 3. The van der Waals surface area contributed by atoms with Gasteiger partial charge in [-0.3, -0.25) is 4.79 Å². The van der Waals surface area contributed by atoms with E-state index in [9.17, 15) is 23.1 Å². The fraction of sp³-hybridized carbons (Fsp3) is 0.480. The summed E-state index contributed by atoms with van der Waals surface area (Å²) < 4.78 is 39.0. The lowest BCUT2D eigenvalue weighted by Gasteiger charge is -2.42. The van der Waals surface area contributed by atoms with E-state index >= 15 is 0 Å². The average Bonchev–Trinajstić information content (AvgIpc) is 2.96. The van der Waals surface area contributed by atoms with E-state index in [2.05, 4.69) is 4.90 Å². The minimum atomic E-state index is -4.40. The molecule has 2 fully saturated rings. The number of carbonyl (C=O) groups is 1. The number of hydrogen-bond donors (Lipinski definition) is 1. The fourth-order valence-electron chi connectivity index (χ4n) is 4.93. The first-order valence-electron chi connectivity index (χ1n) is 11.3. The van der Waals surface area contributed by atoms with E-state index in [0.29, 0.717) is 36.4 Å². The molecule has 0 aromatic heterocycles. The number of nitrogens with zero attached hydrogens (tertiary/aromatic N) is 2. The summed E-state index contributed by atoms with van der Waals surface area (Å²) in [5, 5.41) is 11.8. The van der Waals surface area contributed by atoms with Crippen molar-refractivity contribution in [3.05, 3.63) is 70.2 Å². The second kappa shape index (κ2) is 9.65. The Hall–Kier alpha value is -2.09. The van der Waals surface area contributed by atoms with Gasteiger partial charge in [-0.05, 0) is 61.1 Å². The van der Waals surface area contributed by atoms with Crippen LogP contribution < -0.4 is 0 Å². The van der Waals surface area contributed by atoms with E-state index in [1.54, 1.807) is 23.1 Å². The number of benzene rings is 2. The molecule has 1 amide bonds. The highest BCUT2D eigenvalue weighted by Gasteiger charge is 2.37. The summed E-state index contributed by atoms with van der Waals surface area (Å²) in [6.45, 7) is 2.15. The van der Waals surface area contributed by atoms with Crippen molar-refractivity contribution in [3.63, 3.8) is 0 Å². The van der Waals surface area contributed by atoms with Crippen LogP contribution in [-0.2, 0) is 23.1 Å². The van der Waals surface area contributed by atoms with Crippen LogP contribution in [0.15, 0.2) is 48.5 Å². The summed E-state index contributed by atoms with van der Waals surface area (Å²) in [6, 6.07) is 12.7. The van der Waals surface area contributed by atoms with E-state index < -0.39 is 17.3 Å². The Bertz CT molecular complexity index is 972. The van der Waals surface area contributed by atoms with Gasteiger partial charge in [-0.25, -0.2) is 0 Å². The van der Waals surface area contributed by atoms with Gasteiger partial charge in [0.25, 0.3) is 0 Å². The molecule has 0 spiro atoms. The summed E-state index contributed by atoms with van der Waals surface area (Å²) in [4.78, 5) is 16.7. The first-order valence-corrected chi connectivity index (χ1v) is 11.7. The lowest BCUT2D eigenvalue weighted by atomic mass is 9.83. The zero-order chi connectivity index (χ0) is 23.6. The fourth-order valence-corrected chi connectivity index (χ4v) is 5.05. The molecule has 0 aliphatic carbocycles.